The van der Waals surface area contributed by atoms with Crippen LogP contribution in [-0.2, 0) is 16.1 Å². The summed E-state index contributed by atoms with van der Waals surface area (Å²) in [5.74, 6) is -1.18. The van der Waals surface area contributed by atoms with E-state index in [0.29, 0.717) is 0 Å². The Labute approximate surface area is 109 Å². The van der Waals surface area contributed by atoms with E-state index >= 15 is 0 Å². The molecule has 0 aliphatic carbocycles. The lowest BCUT2D eigenvalue weighted by molar-refractivity contribution is -0.139. The van der Waals surface area contributed by atoms with E-state index in [0.717, 1.165) is 5.56 Å². The third-order valence-corrected chi connectivity index (χ3v) is 1.82. The van der Waals surface area contributed by atoms with E-state index in [1.54, 1.807) is 0 Å². The molecular weight excluding hydrogens is 262 g/mol. The predicted molar refractivity (Wildman–Crippen MR) is 65.2 cm³/mol. The molecule has 0 amide bonds. The van der Waals surface area contributed by atoms with Gasteiger partial charge in [-0.25, -0.2) is 4.79 Å². The van der Waals surface area contributed by atoms with Crippen molar-refractivity contribution in [3.8, 4) is 0 Å². The zero-order valence-corrected chi connectivity index (χ0v) is 10.2. The van der Waals surface area contributed by atoms with E-state index in [4.69, 9.17) is 27.5 Å². The summed E-state index contributed by atoms with van der Waals surface area (Å²) in [6, 6.07) is 8.24. The van der Waals surface area contributed by atoms with Crippen molar-refractivity contribution < 1.29 is 24.5 Å². The van der Waals surface area contributed by atoms with E-state index in [1.807, 2.05) is 30.3 Å². The van der Waals surface area contributed by atoms with Gasteiger partial charge in [-0.3, -0.25) is 4.79 Å². The minimum absolute atomic E-state index is 0.239. The molecule has 1 rings (SSSR count). The first-order chi connectivity index (χ1) is 8.47. The van der Waals surface area contributed by atoms with Gasteiger partial charge in [0.25, 0.3) is 0 Å². The number of benzene rings is 1. The van der Waals surface area contributed by atoms with Crippen LogP contribution in [-0.4, -0.2) is 34.3 Å². The molecule has 0 aromatic heterocycles. The molecule has 6 nitrogen and oxygen atoms in total. The van der Waals surface area contributed by atoms with Gasteiger partial charge in [0.2, 0.25) is 0 Å². The maximum absolute atomic E-state index is 10.2. The maximum atomic E-state index is 10.2. The topological polar surface area (TPSA) is 110 Å². The molecule has 0 fully saturated rings. The summed E-state index contributed by atoms with van der Waals surface area (Å²) in [6.07, 6.45) is 0. The zero-order valence-electron chi connectivity index (χ0n) is 9.45. The highest BCUT2D eigenvalue weighted by Gasteiger charge is 2.07. The standard InChI is InChI=1S/C8H7ClO2.C3H7NO3/c9-8(10)11-6-7-4-2-1-3-5-7;4-2(1-5)3(6)7/h1-5H,6H2;2,5H,1,4H2,(H,6,7). The molecule has 0 spiro atoms. The number of aliphatic hydroxyl groups excluding tert-OH is 1. The number of ether oxygens (including phenoxy) is 1. The molecule has 18 heavy (non-hydrogen) atoms. The number of aliphatic carboxylic acids is 1. The first kappa shape index (κ1) is 16.4. The van der Waals surface area contributed by atoms with E-state index in [-0.39, 0.29) is 6.61 Å². The quantitative estimate of drug-likeness (QED) is 0.706. The Morgan fingerprint density at radius 3 is 2.22 bits per heavy atom. The average Bonchev–Trinajstić information content (AvgIpc) is 2.37. The number of hydrogen-bond donors (Lipinski definition) is 3. The van der Waals surface area contributed by atoms with Crippen molar-refractivity contribution in [3.63, 3.8) is 0 Å². The number of carbonyl (C=O) groups excluding carboxylic acids is 1. The number of carboxylic acid groups (broad SMARTS) is 1. The molecule has 1 aromatic rings. The van der Waals surface area contributed by atoms with Gasteiger partial charge < -0.3 is 20.7 Å². The van der Waals surface area contributed by atoms with Crippen LogP contribution in [0.15, 0.2) is 30.3 Å². The maximum Gasteiger partial charge on any atom is 0.404 e. The third-order valence-electron chi connectivity index (χ3n) is 1.71. The molecule has 0 heterocycles. The lowest BCUT2D eigenvalue weighted by atomic mass is 10.2. The lowest BCUT2D eigenvalue weighted by Crippen LogP contribution is -2.33. The van der Waals surface area contributed by atoms with Gasteiger partial charge >= 0.3 is 11.4 Å². The van der Waals surface area contributed by atoms with Gasteiger partial charge in [-0.1, -0.05) is 30.3 Å². The minimum Gasteiger partial charge on any atom is -0.480 e. The molecular formula is C11H14ClNO5. The van der Waals surface area contributed by atoms with Crippen LogP contribution in [0.1, 0.15) is 5.56 Å². The van der Waals surface area contributed by atoms with Crippen LogP contribution in [0.5, 0.6) is 0 Å². The first-order valence-corrected chi connectivity index (χ1v) is 5.30. The Kier molecular flexibility index (Phi) is 8.55. The number of nitrogens with two attached hydrogens (primary N) is 1. The molecule has 1 unspecified atom stereocenters. The molecule has 0 saturated carbocycles. The summed E-state index contributed by atoms with van der Waals surface area (Å²) in [5, 5.41) is 15.9. The minimum atomic E-state index is -1.18. The van der Waals surface area contributed by atoms with Crippen molar-refractivity contribution in [1.82, 2.24) is 0 Å². The van der Waals surface area contributed by atoms with Crippen LogP contribution < -0.4 is 5.73 Å². The van der Waals surface area contributed by atoms with Crippen LogP contribution in [0, 0.1) is 0 Å². The van der Waals surface area contributed by atoms with E-state index < -0.39 is 24.0 Å². The van der Waals surface area contributed by atoms with Crippen molar-refractivity contribution in [2.24, 2.45) is 5.73 Å². The zero-order chi connectivity index (χ0) is 14.0. The number of hydrogen-bond acceptors (Lipinski definition) is 5. The van der Waals surface area contributed by atoms with E-state index in [9.17, 15) is 9.59 Å². The molecule has 0 aliphatic heterocycles. The van der Waals surface area contributed by atoms with Gasteiger partial charge in [-0.05, 0) is 5.56 Å². The molecule has 0 aliphatic rings. The van der Waals surface area contributed by atoms with E-state index in [1.165, 1.54) is 0 Å². The van der Waals surface area contributed by atoms with Crippen molar-refractivity contribution >= 4 is 23.0 Å². The molecule has 4 N–H and O–H groups in total. The van der Waals surface area contributed by atoms with Crippen molar-refractivity contribution in [3.05, 3.63) is 35.9 Å². The fraction of sp³-hybridized carbons (Fsp3) is 0.273. The second-order valence-electron chi connectivity index (χ2n) is 3.14. The summed E-state index contributed by atoms with van der Waals surface area (Å²) in [5.41, 5.74) is 4.93. The molecule has 0 bridgehead atoms. The van der Waals surface area contributed by atoms with Crippen LogP contribution in [0.2, 0.25) is 0 Å². The van der Waals surface area contributed by atoms with Gasteiger partial charge in [0.15, 0.2) is 0 Å². The van der Waals surface area contributed by atoms with Gasteiger partial charge in [-0.15, -0.1) is 0 Å². The van der Waals surface area contributed by atoms with Crippen LogP contribution >= 0.6 is 11.6 Å². The number of carbonyl (C=O) groups is 2. The van der Waals surface area contributed by atoms with Crippen molar-refractivity contribution in [1.29, 1.82) is 0 Å². The predicted octanol–water partition coefficient (Wildman–Crippen LogP) is 0.953. The average molecular weight is 276 g/mol. The number of aliphatic hydroxyl groups is 1. The fourth-order valence-corrected chi connectivity index (χ4v) is 0.847. The second-order valence-corrected chi connectivity index (χ2v) is 3.45. The Hall–Kier alpha value is -1.63. The third kappa shape index (κ3) is 8.51. The number of rotatable bonds is 4. The molecule has 1 atom stereocenters. The molecule has 1 aromatic carbocycles. The smallest absolute Gasteiger partial charge is 0.404 e. The summed E-state index contributed by atoms with van der Waals surface area (Å²) in [4.78, 5) is 19.8. The Balaban J connectivity index is 0.000000360. The van der Waals surface area contributed by atoms with Gasteiger partial charge in [0.05, 0.1) is 6.61 Å². The van der Waals surface area contributed by atoms with Crippen LogP contribution in [0.3, 0.4) is 0 Å². The normalized spacial score (nSPS) is 10.8. The summed E-state index contributed by atoms with van der Waals surface area (Å²) in [7, 11) is 0. The van der Waals surface area contributed by atoms with Crippen LogP contribution in [0.4, 0.5) is 4.79 Å². The second kappa shape index (κ2) is 9.41. The number of carboxylic acids is 1. The Morgan fingerprint density at radius 2 is 1.89 bits per heavy atom. The highest BCUT2D eigenvalue weighted by atomic mass is 35.5. The largest absolute Gasteiger partial charge is 0.480 e. The van der Waals surface area contributed by atoms with Gasteiger partial charge in [0.1, 0.15) is 12.6 Å². The molecule has 7 heteroatoms. The molecule has 0 saturated heterocycles. The first-order valence-electron chi connectivity index (χ1n) is 4.92. The van der Waals surface area contributed by atoms with Crippen molar-refractivity contribution in [2.75, 3.05) is 6.61 Å². The number of halogens is 1. The highest BCUT2D eigenvalue weighted by molar-refractivity contribution is 6.61. The Morgan fingerprint density at radius 1 is 1.33 bits per heavy atom. The van der Waals surface area contributed by atoms with Crippen LogP contribution in [0.25, 0.3) is 0 Å². The van der Waals surface area contributed by atoms with Gasteiger partial charge in [-0.2, -0.15) is 0 Å². The summed E-state index contributed by atoms with van der Waals surface area (Å²) in [6.45, 7) is -0.265. The van der Waals surface area contributed by atoms with E-state index in [2.05, 4.69) is 4.74 Å². The fourth-order valence-electron chi connectivity index (χ4n) is 0.792. The summed E-state index contributed by atoms with van der Waals surface area (Å²) < 4.78 is 4.55. The SMILES string of the molecule is NC(CO)C(=O)O.O=C(Cl)OCc1ccccc1. The lowest BCUT2D eigenvalue weighted by Gasteiger charge is -1.98. The molecule has 0 radical (unpaired) electrons. The highest BCUT2D eigenvalue weighted by Crippen LogP contribution is 2.01. The summed E-state index contributed by atoms with van der Waals surface area (Å²) >= 11 is 4.97. The monoisotopic (exact) mass is 275 g/mol. The Bertz CT molecular complexity index is 371. The molecule has 100 valence electrons. The van der Waals surface area contributed by atoms with Crippen molar-refractivity contribution in [2.45, 2.75) is 12.6 Å². The van der Waals surface area contributed by atoms with Gasteiger partial charge in [0, 0.05) is 11.6 Å².